The number of nitrogens with one attached hydrogen (secondary N) is 1. The monoisotopic (exact) mass is 318 g/mol. The number of methoxy groups -OCH3 is 1. The average Bonchev–Trinajstić information content (AvgIpc) is 3.13. The van der Waals surface area contributed by atoms with E-state index in [1.54, 1.807) is 18.4 Å². The first-order valence-electron chi connectivity index (χ1n) is 6.35. The molecule has 0 saturated carbocycles. The third kappa shape index (κ3) is 2.59. The van der Waals surface area contributed by atoms with Crippen LogP contribution in [-0.2, 0) is 6.54 Å². The molecule has 0 bridgehead atoms. The van der Waals surface area contributed by atoms with Gasteiger partial charge in [-0.1, -0.05) is 6.07 Å². The van der Waals surface area contributed by atoms with Crippen molar-refractivity contribution in [2.45, 2.75) is 6.54 Å². The SMILES string of the molecule is COc1cccc2sc(C(=O)NCc3ccsc3)c(N)c12. The van der Waals surface area contributed by atoms with Gasteiger partial charge in [0.15, 0.2) is 0 Å². The lowest BCUT2D eigenvalue weighted by Crippen LogP contribution is -2.22. The second-order valence-electron chi connectivity index (χ2n) is 4.49. The molecule has 2 aromatic heterocycles. The van der Waals surface area contributed by atoms with Gasteiger partial charge in [-0.3, -0.25) is 4.79 Å². The van der Waals surface area contributed by atoms with Gasteiger partial charge in [-0.05, 0) is 34.5 Å². The number of nitrogens with two attached hydrogens (primary N) is 1. The molecule has 0 radical (unpaired) electrons. The molecule has 6 heteroatoms. The van der Waals surface area contributed by atoms with Crippen molar-refractivity contribution in [3.8, 4) is 5.75 Å². The van der Waals surface area contributed by atoms with Crippen LogP contribution in [0.5, 0.6) is 5.75 Å². The normalized spacial score (nSPS) is 10.7. The number of amides is 1. The Morgan fingerprint density at radius 2 is 2.24 bits per heavy atom. The van der Waals surface area contributed by atoms with Crippen LogP contribution in [0.2, 0.25) is 0 Å². The molecule has 1 aromatic carbocycles. The van der Waals surface area contributed by atoms with Gasteiger partial charge in [0.05, 0.1) is 18.2 Å². The number of fused-ring (bicyclic) bond motifs is 1. The Morgan fingerprint density at radius 1 is 1.38 bits per heavy atom. The van der Waals surface area contributed by atoms with E-state index >= 15 is 0 Å². The standard InChI is InChI=1S/C15H14N2O2S2/c1-19-10-3-2-4-11-12(10)13(16)14(21-11)15(18)17-7-9-5-6-20-8-9/h2-6,8H,7,16H2,1H3,(H,17,18). The number of carbonyl (C=O) groups is 1. The fraction of sp³-hybridized carbons (Fsp3) is 0.133. The zero-order valence-electron chi connectivity index (χ0n) is 11.4. The zero-order chi connectivity index (χ0) is 14.8. The van der Waals surface area contributed by atoms with Crippen LogP contribution in [0.1, 0.15) is 15.2 Å². The molecule has 0 atom stereocenters. The highest BCUT2D eigenvalue weighted by Gasteiger charge is 2.18. The van der Waals surface area contributed by atoms with Crippen LogP contribution < -0.4 is 15.8 Å². The molecule has 0 fully saturated rings. The van der Waals surface area contributed by atoms with Gasteiger partial charge < -0.3 is 15.8 Å². The summed E-state index contributed by atoms with van der Waals surface area (Å²) in [5, 5.41) is 7.71. The fourth-order valence-electron chi connectivity index (χ4n) is 2.13. The Balaban J connectivity index is 1.89. The highest BCUT2D eigenvalue weighted by Crippen LogP contribution is 2.39. The van der Waals surface area contributed by atoms with E-state index in [9.17, 15) is 4.79 Å². The molecule has 4 nitrogen and oxygen atoms in total. The van der Waals surface area contributed by atoms with Gasteiger partial charge >= 0.3 is 0 Å². The number of thiophene rings is 2. The number of nitrogen functional groups attached to an aromatic ring is 1. The molecule has 21 heavy (non-hydrogen) atoms. The van der Waals surface area contributed by atoms with Crippen molar-refractivity contribution in [2.75, 3.05) is 12.8 Å². The Labute approximate surface area is 130 Å². The molecule has 0 spiro atoms. The minimum Gasteiger partial charge on any atom is -0.496 e. The molecule has 1 amide bonds. The lowest BCUT2D eigenvalue weighted by atomic mass is 10.2. The van der Waals surface area contributed by atoms with Gasteiger partial charge in [-0.25, -0.2) is 0 Å². The third-order valence-corrected chi connectivity index (χ3v) is 5.07. The Morgan fingerprint density at radius 3 is 2.95 bits per heavy atom. The molecule has 0 saturated heterocycles. The average molecular weight is 318 g/mol. The van der Waals surface area contributed by atoms with E-state index in [0.29, 0.717) is 22.9 Å². The van der Waals surface area contributed by atoms with Crippen molar-refractivity contribution in [3.63, 3.8) is 0 Å². The van der Waals surface area contributed by atoms with Crippen LogP contribution in [0.3, 0.4) is 0 Å². The van der Waals surface area contributed by atoms with Crippen LogP contribution in [0, 0.1) is 0 Å². The summed E-state index contributed by atoms with van der Waals surface area (Å²) in [5.74, 6) is 0.542. The van der Waals surface area contributed by atoms with Gasteiger partial charge in [-0.15, -0.1) is 11.3 Å². The first-order chi connectivity index (χ1) is 10.2. The van der Waals surface area contributed by atoms with E-state index in [4.69, 9.17) is 10.5 Å². The summed E-state index contributed by atoms with van der Waals surface area (Å²) in [6.07, 6.45) is 0. The minimum atomic E-state index is -0.151. The number of hydrogen-bond donors (Lipinski definition) is 2. The van der Waals surface area contributed by atoms with Crippen molar-refractivity contribution >= 4 is 44.4 Å². The van der Waals surface area contributed by atoms with E-state index in [1.165, 1.54) is 11.3 Å². The molecule has 3 rings (SSSR count). The van der Waals surface area contributed by atoms with Gasteiger partial charge in [0.1, 0.15) is 10.6 Å². The second-order valence-corrected chi connectivity index (χ2v) is 6.32. The molecule has 0 aliphatic rings. The second kappa shape index (κ2) is 5.75. The van der Waals surface area contributed by atoms with Gasteiger partial charge in [0, 0.05) is 11.2 Å². The predicted octanol–water partition coefficient (Wildman–Crippen LogP) is 3.48. The maximum Gasteiger partial charge on any atom is 0.263 e. The Bertz CT molecular complexity index is 778. The number of rotatable bonds is 4. The van der Waals surface area contributed by atoms with E-state index < -0.39 is 0 Å². The summed E-state index contributed by atoms with van der Waals surface area (Å²) in [5.41, 5.74) is 7.71. The van der Waals surface area contributed by atoms with Crippen molar-refractivity contribution in [3.05, 3.63) is 45.5 Å². The molecular formula is C15H14N2O2S2. The summed E-state index contributed by atoms with van der Waals surface area (Å²) < 4.78 is 6.27. The number of anilines is 1. The van der Waals surface area contributed by atoms with Gasteiger partial charge in [-0.2, -0.15) is 11.3 Å². The smallest absolute Gasteiger partial charge is 0.263 e. The van der Waals surface area contributed by atoms with Crippen LogP contribution in [0.4, 0.5) is 5.69 Å². The maximum absolute atomic E-state index is 12.3. The molecule has 108 valence electrons. The number of carbonyl (C=O) groups excluding carboxylic acids is 1. The van der Waals surface area contributed by atoms with Gasteiger partial charge in [0.25, 0.3) is 5.91 Å². The Hall–Kier alpha value is -2.05. The molecular weight excluding hydrogens is 304 g/mol. The number of benzene rings is 1. The highest BCUT2D eigenvalue weighted by atomic mass is 32.1. The summed E-state index contributed by atoms with van der Waals surface area (Å²) in [4.78, 5) is 12.8. The lowest BCUT2D eigenvalue weighted by Gasteiger charge is -2.04. The highest BCUT2D eigenvalue weighted by molar-refractivity contribution is 7.21. The van der Waals surface area contributed by atoms with Crippen LogP contribution in [0.15, 0.2) is 35.0 Å². The molecule has 0 unspecified atom stereocenters. The van der Waals surface area contributed by atoms with Crippen molar-refractivity contribution in [1.29, 1.82) is 0 Å². The summed E-state index contributed by atoms with van der Waals surface area (Å²) in [6.45, 7) is 0.507. The molecule has 3 N–H and O–H groups in total. The fourth-order valence-corrected chi connectivity index (χ4v) is 3.86. The topological polar surface area (TPSA) is 64.3 Å². The van der Waals surface area contributed by atoms with E-state index in [0.717, 1.165) is 15.6 Å². The van der Waals surface area contributed by atoms with Gasteiger partial charge in [0.2, 0.25) is 0 Å². The first kappa shape index (κ1) is 13.9. The quantitative estimate of drug-likeness (QED) is 0.774. The minimum absolute atomic E-state index is 0.151. The van der Waals surface area contributed by atoms with E-state index in [-0.39, 0.29) is 5.91 Å². The molecule has 3 aromatic rings. The number of hydrogen-bond acceptors (Lipinski definition) is 5. The molecule has 0 aliphatic carbocycles. The third-order valence-electron chi connectivity index (χ3n) is 3.17. The zero-order valence-corrected chi connectivity index (χ0v) is 13.0. The maximum atomic E-state index is 12.3. The van der Waals surface area contributed by atoms with Crippen LogP contribution in [0.25, 0.3) is 10.1 Å². The summed E-state index contributed by atoms with van der Waals surface area (Å²) in [7, 11) is 1.60. The largest absolute Gasteiger partial charge is 0.496 e. The number of ether oxygens (including phenoxy) is 1. The first-order valence-corrected chi connectivity index (χ1v) is 8.11. The van der Waals surface area contributed by atoms with Crippen LogP contribution >= 0.6 is 22.7 Å². The molecule has 0 aliphatic heterocycles. The van der Waals surface area contributed by atoms with Crippen molar-refractivity contribution in [2.24, 2.45) is 0 Å². The summed E-state index contributed by atoms with van der Waals surface area (Å²) in [6, 6.07) is 7.67. The Kier molecular flexibility index (Phi) is 3.81. The van der Waals surface area contributed by atoms with E-state index in [1.807, 2.05) is 35.0 Å². The van der Waals surface area contributed by atoms with Crippen molar-refractivity contribution in [1.82, 2.24) is 5.32 Å². The predicted molar refractivity (Wildman–Crippen MR) is 88.3 cm³/mol. The van der Waals surface area contributed by atoms with Crippen LogP contribution in [-0.4, -0.2) is 13.0 Å². The molecule has 2 heterocycles. The summed E-state index contributed by atoms with van der Waals surface area (Å²) >= 11 is 2.99. The van der Waals surface area contributed by atoms with E-state index in [2.05, 4.69) is 5.32 Å². The van der Waals surface area contributed by atoms with Crippen molar-refractivity contribution < 1.29 is 9.53 Å². The lowest BCUT2D eigenvalue weighted by molar-refractivity contribution is 0.0956.